The molecule has 0 radical (unpaired) electrons. The van der Waals surface area contributed by atoms with Gasteiger partial charge in [-0.25, -0.2) is 4.98 Å². The Morgan fingerprint density at radius 2 is 2.00 bits per heavy atom. The van der Waals surface area contributed by atoms with Crippen molar-refractivity contribution in [2.45, 2.75) is 47.1 Å². The first kappa shape index (κ1) is 13.9. The number of rotatable bonds is 4. The van der Waals surface area contributed by atoms with Crippen molar-refractivity contribution in [2.75, 3.05) is 11.9 Å². The molecule has 0 aliphatic heterocycles. The third-order valence-corrected chi connectivity index (χ3v) is 2.85. The fraction of sp³-hybridized carbons (Fsp3) is 0.692. The highest BCUT2D eigenvalue weighted by Crippen LogP contribution is 2.25. The van der Waals surface area contributed by atoms with E-state index in [2.05, 4.69) is 36.1 Å². The minimum atomic E-state index is 0.0700. The van der Waals surface area contributed by atoms with Gasteiger partial charge < -0.3 is 10.4 Å². The first-order valence-corrected chi connectivity index (χ1v) is 6.02. The van der Waals surface area contributed by atoms with Crippen LogP contribution in [0.25, 0.3) is 0 Å². The van der Waals surface area contributed by atoms with E-state index >= 15 is 0 Å². The summed E-state index contributed by atoms with van der Waals surface area (Å²) in [7, 11) is 0. The van der Waals surface area contributed by atoms with Gasteiger partial charge in [0.1, 0.15) is 5.82 Å². The molecular weight excluding hydrogens is 214 g/mol. The van der Waals surface area contributed by atoms with Gasteiger partial charge in [-0.3, -0.25) is 4.98 Å². The van der Waals surface area contributed by atoms with Crippen LogP contribution in [0.2, 0.25) is 0 Å². The summed E-state index contributed by atoms with van der Waals surface area (Å²) in [6.07, 6.45) is 2.47. The molecule has 17 heavy (non-hydrogen) atoms. The number of nitrogens with zero attached hydrogens (tertiary/aromatic N) is 2. The predicted molar refractivity (Wildman–Crippen MR) is 70.1 cm³/mol. The second-order valence-electron chi connectivity index (χ2n) is 5.52. The molecule has 1 rings (SSSR count). The van der Waals surface area contributed by atoms with Gasteiger partial charge in [-0.15, -0.1) is 0 Å². The zero-order valence-corrected chi connectivity index (χ0v) is 11.4. The maximum atomic E-state index is 9.13. The summed E-state index contributed by atoms with van der Waals surface area (Å²) in [5.74, 6) is 0.818. The van der Waals surface area contributed by atoms with E-state index in [1.165, 1.54) is 0 Å². The van der Waals surface area contributed by atoms with Crippen LogP contribution in [-0.4, -0.2) is 27.7 Å². The number of anilines is 1. The fourth-order valence-electron chi connectivity index (χ4n) is 1.69. The van der Waals surface area contributed by atoms with E-state index in [1.807, 2.05) is 13.8 Å². The van der Waals surface area contributed by atoms with Crippen molar-refractivity contribution in [3.05, 3.63) is 17.6 Å². The van der Waals surface area contributed by atoms with E-state index in [4.69, 9.17) is 5.11 Å². The van der Waals surface area contributed by atoms with Gasteiger partial charge in [-0.2, -0.15) is 0 Å². The maximum absolute atomic E-state index is 9.13. The van der Waals surface area contributed by atoms with Gasteiger partial charge in [0.25, 0.3) is 0 Å². The monoisotopic (exact) mass is 237 g/mol. The van der Waals surface area contributed by atoms with Gasteiger partial charge in [-0.1, -0.05) is 20.8 Å². The largest absolute Gasteiger partial charge is 0.396 e. The number of aliphatic hydroxyl groups excluding tert-OH is 1. The van der Waals surface area contributed by atoms with Crippen molar-refractivity contribution in [1.29, 1.82) is 0 Å². The standard InChI is InChI=1S/C13H23N3O/c1-9-8-14-10(2)12(15-9)16-11(6-7-17)13(3,4)5/h8,11,17H,6-7H2,1-5H3,(H,15,16). The van der Waals surface area contributed by atoms with Crippen LogP contribution in [-0.2, 0) is 0 Å². The Morgan fingerprint density at radius 1 is 1.35 bits per heavy atom. The zero-order valence-electron chi connectivity index (χ0n) is 11.4. The van der Waals surface area contributed by atoms with Crippen molar-refractivity contribution >= 4 is 5.82 Å². The molecule has 1 aromatic rings. The third-order valence-electron chi connectivity index (χ3n) is 2.85. The molecule has 1 heterocycles. The summed E-state index contributed by atoms with van der Waals surface area (Å²) < 4.78 is 0. The minimum Gasteiger partial charge on any atom is -0.396 e. The van der Waals surface area contributed by atoms with Gasteiger partial charge >= 0.3 is 0 Å². The number of aryl methyl sites for hydroxylation is 2. The molecule has 0 amide bonds. The average molecular weight is 237 g/mol. The van der Waals surface area contributed by atoms with E-state index in [1.54, 1.807) is 6.20 Å². The van der Waals surface area contributed by atoms with Crippen molar-refractivity contribution in [1.82, 2.24) is 9.97 Å². The van der Waals surface area contributed by atoms with Crippen molar-refractivity contribution < 1.29 is 5.11 Å². The van der Waals surface area contributed by atoms with Crippen LogP contribution >= 0.6 is 0 Å². The van der Waals surface area contributed by atoms with Gasteiger partial charge in [0.15, 0.2) is 0 Å². The molecule has 1 aromatic heterocycles. The lowest BCUT2D eigenvalue weighted by Gasteiger charge is -2.31. The van der Waals surface area contributed by atoms with Crippen LogP contribution in [0.3, 0.4) is 0 Å². The molecule has 0 aromatic carbocycles. The Hall–Kier alpha value is -1.16. The van der Waals surface area contributed by atoms with E-state index in [0.29, 0.717) is 6.42 Å². The van der Waals surface area contributed by atoms with Crippen LogP contribution < -0.4 is 5.32 Å². The second-order valence-corrected chi connectivity index (χ2v) is 5.52. The number of hydrogen-bond acceptors (Lipinski definition) is 4. The van der Waals surface area contributed by atoms with Gasteiger partial charge in [0.05, 0.1) is 11.4 Å². The third kappa shape index (κ3) is 3.97. The van der Waals surface area contributed by atoms with E-state index in [-0.39, 0.29) is 18.1 Å². The molecule has 1 unspecified atom stereocenters. The number of aliphatic hydroxyl groups is 1. The number of hydrogen-bond donors (Lipinski definition) is 2. The Kier molecular flexibility index (Phi) is 4.46. The summed E-state index contributed by atoms with van der Waals surface area (Å²) in [6.45, 7) is 10.5. The highest BCUT2D eigenvalue weighted by molar-refractivity contribution is 5.41. The Bertz CT molecular complexity index is 371. The van der Waals surface area contributed by atoms with Gasteiger partial charge in [-0.05, 0) is 25.7 Å². The zero-order chi connectivity index (χ0) is 13.1. The van der Waals surface area contributed by atoms with Crippen LogP contribution in [0.5, 0.6) is 0 Å². The number of nitrogens with one attached hydrogen (secondary N) is 1. The highest BCUT2D eigenvalue weighted by atomic mass is 16.3. The van der Waals surface area contributed by atoms with Gasteiger partial charge in [0, 0.05) is 18.8 Å². The first-order chi connectivity index (χ1) is 7.84. The molecular formula is C13H23N3O. The van der Waals surface area contributed by atoms with Crippen LogP contribution in [0, 0.1) is 19.3 Å². The summed E-state index contributed by atoms with van der Waals surface area (Å²) in [6, 6.07) is 0.183. The Balaban J connectivity index is 2.89. The van der Waals surface area contributed by atoms with Crippen LogP contribution in [0.4, 0.5) is 5.82 Å². The topological polar surface area (TPSA) is 58.0 Å². The van der Waals surface area contributed by atoms with Gasteiger partial charge in [0.2, 0.25) is 0 Å². The normalized spacial score (nSPS) is 13.5. The molecule has 4 nitrogen and oxygen atoms in total. The molecule has 1 atom stereocenters. The van der Waals surface area contributed by atoms with Crippen LogP contribution in [0.15, 0.2) is 6.20 Å². The molecule has 2 N–H and O–H groups in total. The lowest BCUT2D eigenvalue weighted by atomic mass is 9.85. The fourth-order valence-corrected chi connectivity index (χ4v) is 1.69. The Morgan fingerprint density at radius 3 is 2.53 bits per heavy atom. The van der Waals surface area contributed by atoms with E-state index in [0.717, 1.165) is 17.2 Å². The average Bonchev–Trinajstić information content (AvgIpc) is 2.21. The maximum Gasteiger partial charge on any atom is 0.147 e. The molecule has 96 valence electrons. The van der Waals surface area contributed by atoms with E-state index < -0.39 is 0 Å². The molecule has 0 spiro atoms. The molecule has 0 saturated carbocycles. The van der Waals surface area contributed by atoms with Crippen LogP contribution in [0.1, 0.15) is 38.6 Å². The predicted octanol–water partition coefficient (Wildman–Crippen LogP) is 2.30. The molecule has 0 aliphatic carbocycles. The lowest BCUT2D eigenvalue weighted by Crippen LogP contribution is -2.35. The molecule has 0 aliphatic rings. The molecule has 0 saturated heterocycles. The number of aromatic nitrogens is 2. The highest BCUT2D eigenvalue weighted by Gasteiger charge is 2.24. The quantitative estimate of drug-likeness (QED) is 0.843. The lowest BCUT2D eigenvalue weighted by molar-refractivity contribution is 0.235. The van der Waals surface area contributed by atoms with Crippen molar-refractivity contribution in [3.63, 3.8) is 0 Å². The SMILES string of the molecule is Cc1cnc(C)c(NC(CCO)C(C)(C)C)n1. The molecule has 0 fully saturated rings. The van der Waals surface area contributed by atoms with Crippen molar-refractivity contribution in [2.24, 2.45) is 5.41 Å². The van der Waals surface area contributed by atoms with E-state index in [9.17, 15) is 0 Å². The minimum absolute atomic E-state index is 0.0700. The Labute approximate surface area is 103 Å². The summed E-state index contributed by atoms with van der Waals surface area (Å²) in [5.41, 5.74) is 1.86. The summed E-state index contributed by atoms with van der Waals surface area (Å²) in [5, 5.41) is 12.5. The molecule has 4 heteroatoms. The summed E-state index contributed by atoms with van der Waals surface area (Å²) >= 11 is 0. The second kappa shape index (κ2) is 5.45. The molecule has 0 bridgehead atoms. The smallest absolute Gasteiger partial charge is 0.147 e. The summed E-state index contributed by atoms with van der Waals surface area (Å²) in [4.78, 5) is 8.74. The van der Waals surface area contributed by atoms with Crippen molar-refractivity contribution in [3.8, 4) is 0 Å². The first-order valence-electron chi connectivity index (χ1n) is 6.02.